The molecule has 1 aliphatic heterocycles. The fourth-order valence-electron chi connectivity index (χ4n) is 4.37. The normalized spacial score (nSPS) is 16.0. The summed E-state index contributed by atoms with van der Waals surface area (Å²) in [7, 11) is -3.10. The van der Waals surface area contributed by atoms with Crippen molar-refractivity contribution in [3.8, 4) is 10.9 Å². The molecule has 1 aliphatic rings. The number of aromatic nitrogens is 1. The van der Waals surface area contributed by atoms with Crippen molar-refractivity contribution < 1.29 is 17.6 Å². The Kier molecular flexibility index (Phi) is 6.38. The van der Waals surface area contributed by atoms with E-state index in [1.807, 2.05) is 42.7 Å². The number of fused-ring (bicyclic) bond motifs is 2. The molecule has 1 fully saturated rings. The van der Waals surface area contributed by atoms with Crippen molar-refractivity contribution in [2.45, 2.75) is 25.8 Å². The fourth-order valence-corrected chi connectivity index (χ4v) is 5.69. The highest BCUT2D eigenvalue weighted by Crippen LogP contribution is 2.34. The van der Waals surface area contributed by atoms with Crippen LogP contribution < -0.4 is 9.46 Å². The molecule has 0 amide bonds. The summed E-state index contributed by atoms with van der Waals surface area (Å²) in [6.45, 7) is 3.39. The average Bonchev–Trinajstić information content (AvgIpc) is 3.37. The van der Waals surface area contributed by atoms with Gasteiger partial charge in [-0.25, -0.2) is 18.1 Å². The molecule has 0 spiro atoms. The Labute approximate surface area is 197 Å². The van der Waals surface area contributed by atoms with Crippen molar-refractivity contribution >= 4 is 42.5 Å². The van der Waals surface area contributed by atoms with Gasteiger partial charge in [-0.3, -0.25) is 4.90 Å². The Hall–Kier alpha value is -2.46. The van der Waals surface area contributed by atoms with Crippen LogP contribution in [-0.4, -0.2) is 44.2 Å². The number of sulfonamides is 1. The number of thiazole rings is 1. The van der Waals surface area contributed by atoms with Crippen LogP contribution in [0.4, 0.5) is 0 Å². The third kappa shape index (κ3) is 5.55. The minimum atomic E-state index is -3.10. The van der Waals surface area contributed by atoms with Crippen molar-refractivity contribution in [1.29, 1.82) is 0 Å². The number of hydrogen-bond donors (Lipinski definition) is 1. The van der Waals surface area contributed by atoms with E-state index >= 15 is 0 Å². The van der Waals surface area contributed by atoms with Crippen LogP contribution in [0.15, 0.2) is 53.1 Å². The molecule has 33 heavy (non-hydrogen) atoms. The molecule has 4 aromatic rings. The topological polar surface area (TPSA) is 84.7 Å². The SMILES string of the molecule is CS(=O)(=O)NCCC1CCN(Cc2coc3cc(Oc4nc5ccccc5s4)ccc23)CC1. The maximum Gasteiger partial charge on any atom is 0.279 e. The number of ether oxygens (including phenoxy) is 1. The Morgan fingerprint density at radius 2 is 2.03 bits per heavy atom. The van der Waals surface area contributed by atoms with Gasteiger partial charge in [0.25, 0.3) is 5.19 Å². The Morgan fingerprint density at radius 3 is 2.82 bits per heavy atom. The van der Waals surface area contributed by atoms with E-state index in [-0.39, 0.29) is 0 Å². The van der Waals surface area contributed by atoms with Crippen LogP contribution in [0.5, 0.6) is 10.9 Å². The quantitative estimate of drug-likeness (QED) is 0.379. The molecule has 5 rings (SSSR count). The first-order chi connectivity index (χ1) is 15.9. The first-order valence-electron chi connectivity index (χ1n) is 11.1. The number of hydrogen-bond acceptors (Lipinski definition) is 7. The van der Waals surface area contributed by atoms with Gasteiger partial charge in [-0.05, 0) is 62.5 Å². The number of para-hydroxylation sites is 1. The molecular formula is C24H27N3O4S2. The molecule has 0 bridgehead atoms. The molecule has 2 aromatic carbocycles. The van der Waals surface area contributed by atoms with Crippen LogP contribution in [0.1, 0.15) is 24.8 Å². The van der Waals surface area contributed by atoms with Gasteiger partial charge < -0.3 is 9.15 Å². The zero-order chi connectivity index (χ0) is 22.8. The van der Waals surface area contributed by atoms with Gasteiger partial charge in [-0.1, -0.05) is 23.5 Å². The predicted octanol–water partition coefficient (Wildman–Crippen LogP) is 4.99. The molecule has 9 heteroatoms. The molecule has 0 atom stereocenters. The van der Waals surface area contributed by atoms with Gasteiger partial charge in [0, 0.05) is 30.1 Å². The van der Waals surface area contributed by atoms with Gasteiger partial charge in [0.2, 0.25) is 10.0 Å². The molecule has 3 heterocycles. The standard InChI is InChI=1S/C24H27N3O4S2/c1-33(28,29)25-11-8-17-9-12-27(13-10-17)15-18-16-30-22-14-19(6-7-20(18)22)31-24-26-21-4-2-3-5-23(21)32-24/h2-7,14,16-17,25H,8-13,15H2,1H3. The van der Waals surface area contributed by atoms with Gasteiger partial charge in [0.05, 0.1) is 22.7 Å². The number of nitrogens with one attached hydrogen (secondary N) is 1. The third-order valence-electron chi connectivity index (χ3n) is 6.12. The van der Waals surface area contributed by atoms with Crippen LogP contribution in [-0.2, 0) is 16.6 Å². The summed E-state index contributed by atoms with van der Waals surface area (Å²) < 4.78 is 38.0. The first kappa shape index (κ1) is 22.3. The van der Waals surface area contributed by atoms with Crippen molar-refractivity contribution in [3.05, 3.63) is 54.3 Å². The molecule has 1 saturated heterocycles. The van der Waals surface area contributed by atoms with Gasteiger partial charge in [0.1, 0.15) is 11.3 Å². The summed E-state index contributed by atoms with van der Waals surface area (Å²) in [5, 5.41) is 1.73. The van der Waals surface area contributed by atoms with E-state index in [1.54, 1.807) is 0 Å². The number of piperidine rings is 1. The number of nitrogens with zero attached hydrogens (tertiary/aromatic N) is 2. The van der Waals surface area contributed by atoms with Crippen molar-refractivity contribution in [3.63, 3.8) is 0 Å². The average molecular weight is 486 g/mol. The van der Waals surface area contributed by atoms with E-state index in [4.69, 9.17) is 9.15 Å². The summed E-state index contributed by atoms with van der Waals surface area (Å²) in [6.07, 6.45) is 6.12. The maximum atomic E-state index is 11.2. The second-order valence-corrected chi connectivity index (χ2v) is 11.5. The molecule has 7 nitrogen and oxygen atoms in total. The molecule has 174 valence electrons. The van der Waals surface area contributed by atoms with E-state index in [0.717, 1.165) is 60.1 Å². The Bertz CT molecular complexity index is 1320. The lowest BCUT2D eigenvalue weighted by molar-refractivity contribution is 0.173. The number of furan rings is 1. The van der Waals surface area contributed by atoms with Crippen LogP contribution >= 0.6 is 11.3 Å². The highest BCUT2D eigenvalue weighted by atomic mass is 32.2. The number of likely N-dealkylation sites (tertiary alicyclic amines) is 1. The Balaban J connectivity index is 1.18. The monoisotopic (exact) mass is 485 g/mol. The first-order valence-corrected chi connectivity index (χ1v) is 13.8. The lowest BCUT2D eigenvalue weighted by Gasteiger charge is -2.31. The maximum absolute atomic E-state index is 11.2. The van der Waals surface area contributed by atoms with E-state index in [0.29, 0.717) is 23.4 Å². The summed E-state index contributed by atoms with van der Waals surface area (Å²) >= 11 is 1.53. The fraction of sp³-hybridized carbons (Fsp3) is 0.375. The van der Waals surface area contributed by atoms with Crippen LogP contribution in [0.25, 0.3) is 21.2 Å². The number of benzene rings is 2. The molecule has 0 radical (unpaired) electrons. The molecule has 0 aliphatic carbocycles. The van der Waals surface area contributed by atoms with E-state index in [9.17, 15) is 8.42 Å². The third-order valence-corrected chi connectivity index (χ3v) is 7.77. The lowest BCUT2D eigenvalue weighted by Crippen LogP contribution is -2.34. The van der Waals surface area contributed by atoms with Crippen molar-refractivity contribution in [2.24, 2.45) is 5.92 Å². The zero-order valence-electron chi connectivity index (χ0n) is 18.5. The van der Waals surface area contributed by atoms with E-state index < -0.39 is 10.0 Å². The van der Waals surface area contributed by atoms with Gasteiger partial charge in [0.15, 0.2) is 0 Å². The minimum absolute atomic E-state index is 0.525. The molecule has 1 N–H and O–H groups in total. The molecule has 2 aromatic heterocycles. The highest BCUT2D eigenvalue weighted by Gasteiger charge is 2.21. The smallest absolute Gasteiger partial charge is 0.279 e. The second-order valence-electron chi connectivity index (χ2n) is 8.64. The van der Waals surface area contributed by atoms with Gasteiger partial charge in [-0.2, -0.15) is 0 Å². The zero-order valence-corrected chi connectivity index (χ0v) is 20.1. The molecule has 0 unspecified atom stereocenters. The summed E-state index contributed by atoms with van der Waals surface area (Å²) in [5.74, 6) is 1.28. The summed E-state index contributed by atoms with van der Waals surface area (Å²) in [4.78, 5) is 6.97. The van der Waals surface area contributed by atoms with E-state index in [2.05, 4.69) is 20.7 Å². The second kappa shape index (κ2) is 9.42. The van der Waals surface area contributed by atoms with Crippen LogP contribution in [0.3, 0.4) is 0 Å². The Morgan fingerprint density at radius 1 is 1.21 bits per heavy atom. The highest BCUT2D eigenvalue weighted by molar-refractivity contribution is 7.88. The van der Waals surface area contributed by atoms with Crippen LogP contribution in [0, 0.1) is 5.92 Å². The largest absolute Gasteiger partial charge is 0.464 e. The van der Waals surface area contributed by atoms with Crippen molar-refractivity contribution in [2.75, 3.05) is 25.9 Å². The molecular weight excluding hydrogens is 458 g/mol. The molecule has 0 saturated carbocycles. The number of rotatable bonds is 8. The van der Waals surface area contributed by atoms with E-state index in [1.165, 1.54) is 23.2 Å². The predicted molar refractivity (Wildman–Crippen MR) is 131 cm³/mol. The van der Waals surface area contributed by atoms with Gasteiger partial charge in [-0.15, -0.1) is 0 Å². The summed E-state index contributed by atoms with van der Waals surface area (Å²) in [5.41, 5.74) is 2.92. The van der Waals surface area contributed by atoms with Gasteiger partial charge >= 0.3 is 0 Å². The van der Waals surface area contributed by atoms with Crippen molar-refractivity contribution in [1.82, 2.24) is 14.6 Å². The summed E-state index contributed by atoms with van der Waals surface area (Å²) in [6, 6.07) is 13.9. The minimum Gasteiger partial charge on any atom is -0.464 e. The lowest BCUT2D eigenvalue weighted by atomic mass is 9.93. The van der Waals surface area contributed by atoms with Crippen LogP contribution in [0.2, 0.25) is 0 Å².